The zero-order valence-corrected chi connectivity index (χ0v) is 9.24. The third-order valence-electron chi connectivity index (χ3n) is 3.38. The molecule has 2 saturated heterocycles. The van der Waals surface area contributed by atoms with Crippen LogP contribution in [0.25, 0.3) is 0 Å². The van der Waals surface area contributed by atoms with Gasteiger partial charge < -0.3 is 30.5 Å². The van der Waals surface area contributed by atoms with Gasteiger partial charge in [-0.3, -0.25) is 4.79 Å². The van der Waals surface area contributed by atoms with Crippen molar-refractivity contribution in [2.45, 2.75) is 49.4 Å². The number of aliphatic hydroxyl groups is 4. The van der Waals surface area contributed by atoms with Crippen LogP contribution < -0.4 is 5.32 Å². The summed E-state index contributed by atoms with van der Waals surface area (Å²) in [6.45, 7) is -0.497. The maximum atomic E-state index is 11.4. The van der Waals surface area contributed by atoms with Crippen molar-refractivity contribution in [2.75, 3.05) is 6.61 Å². The molecular formula is C10H17NO6. The number of piperidine rings is 1. The standard InChI is InChI=1S/C10H17NO6/c12-4-5-7(14)8(15)9(16)10(17-5)3-1-2-6(13)11-10/h5,7-9,12,14-16H,1-4H2,(H,11,13)/t5-,7-,8+,9-,10+/m1/s1. The molecule has 5 atom stereocenters. The van der Waals surface area contributed by atoms with Gasteiger partial charge in [0.2, 0.25) is 5.91 Å². The summed E-state index contributed by atoms with van der Waals surface area (Å²) in [5, 5.41) is 40.8. The zero-order chi connectivity index (χ0) is 12.6. The van der Waals surface area contributed by atoms with Crippen LogP contribution in [0.5, 0.6) is 0 Å². The number of rotatable bonds is 1. The number of hydrogen-bond donors (Lipinski definition) is 5. The zero-order valence-electron chi connectivity index (χ0n) is 9.24. The van der Waals surface area contributed by atoms with Crippen molar-refractivity contribution in [3.8, 4) is 0 Å². The van der Waals surface area contributed by atoms with Crippen LogP contribution in [0.1, 0.15) is 19.3 Å². The summed E-state index contributed by atoms with van der Waals surface area (Å²) in [4.78, 5) is 11.4. The van der Waals surface area contributed by atoms with E-state index in [1.165, 1.54) is 0 Å². The second-order valence-corrected chi connectivity index (χ2v) is 4.56. The highest BCUT2D eigenvalue weighted by Gasteiger charge is 2.54. The number of nitrogens with one attached hydrogen (secondary N) is 1. The van der Waals surface area contributed by atoms with Crippen molar-refractivity contribution in [3.05, 3.63) is 0 Å². The van der Waals surface area contributed by atoms with Crippen molar-refractivity contribution < 1.29 is 30.0 Å². The summed E-state index contributed by atoms with van der Waals surface area (Å²) in [7, 11) is 0. The molecule has 5 N–H and O–H groups in total. The Morgan fingerprint density at radius 3 is 2.65 bits per heavy atom. The van der Waals surface area contributed by atoms with Gasteiger partial charge in [-0.05, 0) is 12.8 Å². The number of aliphatic hydroxyl groups excluding tert-OH is 4. The molecule has 0 aromatic rings. The van der Waals surface area contributed by atoms with Crippen molar-refractivity contribution in [3.63, 3.8) is 0 Å². The first-order chi connectivity index (χ1) is 8.00. The van der Waals surface area contributed by atoms with Crippen molar-refractivity contribution in [1.29, 1.82) is 0 Å². The molecule has 1 spiro atoms. The van der Waals surface area contributed by atoms with E-state index in [1.54, 1.807) is 0 Å². The van der Waals surface area contributed by atoms with E-state index < -0.39 is 36.7 Å². The lowest BCUT2D eigenvalue weighted by Gasteiger charge is -2.50. The lowest BCUT2D eigenvalue weighted by molar-refractivity contribution is -0.287. The molecule has 0 aromatic carbocycles. The minimum atomic E-state index is -1.46. The third-order valence-corrected chi connectivity index (χ3v) is 3.38. The van der Waals surface area contributed by atoms with Gasteiger partial charge in [-0.25, -0.2) is 0 Å². The van der Waals surface area contributed by atoms with E-state index in [2.05, 4.69) is 5.32 Å². The van der Waals surface area contributed by atoms with Gasteiger partial charge in [-0.1, -0.05) is 0 Å². The molecule has 98 valence electrons. The first-order valence-corrected chi connectivity index (χ1v) is 5.64. The molecule has 0 aromatic heterocycles. The molecule has 1 amide bonds. The molecule has 0 bridgehead atoms. The van der Waals surface area contributed by atoms with Gasteiger partial charge in [0, 0.05) is 6.42 Å². The summed E-state index contributed by atoms with van der Waals surface area (Å²) < 4.78 is 5.39. The Morgan fingerprint density at radius 2 is 2.06 bits per heavy atom. The van der Waals surface area contributed by atoms with Crippen LogP contribution in [0, 0.1) is 0 Å². The van der Waals surface area contributed by atoms with Crippen molar-refractivity contribution in [2.24, 2.45) is 0 Å². The summed E-state index contributed by atoms with van der Waals surface area (Å²) in [6, 6.07) is 0. The van der Waals surface area contributed by atoms with Gasteiger partial charge >= 0.3 is 0 Å². The number of ether oxygens (including phenoxy) is 1. The van der Waals surface area contributed by atoms with Gasteiger partial charge in [-0.15, -0.1) is 0 Å². The summed E-state index contributed by atoms with van der Waals surface area (Å²) >= 11 is 0. The predicted octanol–water partition coefficient (Wildman–Crippen LogP) is -2.54. The fraction of sp³-hybridized carbons (Fsp3) is 0.900. The minimum Gasteiger partial charge on any atom is -0.394 e. The quantitative estimate of drug-likeness (QED) is 0.348. The molecular weight excluding hydrogens is 230 g/mol. The smallest absolute Gasteiger partial charge is 0.222 e. The maximum Gasteiger partial charge on any atom is 0.222 e. The van der Waals surface area contributed by atoms with Crippen molar-refractivity contribution in [1.82, 2.24) is 5.32 Å². The van der Waals surface area contributed by atoms with Crippen LogP contribution >= 0.6 is 0 Å². The predicted molar refractivity (Wildman–Crippen MR) is 54.7 cm³/mol. The van der Waals surface area contributed by atoms with E-state index in [9.17, 15) is 20.1 Å². The van der Waals surface area contributed by atoms with E-state index in [0.29, 0.717) is 19.3 Å². The van der Waals surface area contributed by atoms with Crippen LogP contribution in [-0.2, 0) is 9.53 Å². The Hall–Kier alpha value is -0.730. The first kappa shape index (κ1) is 12.7. The largest absolute Gasteiger partial charge is 0.394 e. The highest BCUT2D eigenvalue weighted by atomic mass is 16.6. The molecule has 2 heterocycles. The third kappa shape index (κ3) is 2.04. The Morgan fingerprint density at radius 1 is 1.35 bits per heavy atom. The Kier molecular flexibility index (Phi) is 3.37. The summed E-state index contributed by atoms with van der Waals surface area (Å²) in [5.41, 5.74) is -1.40. The topological polar surface area (TPSA) is 119 Å². The van der Waals surface area contributed by atoms with E-state index in [4.69, 9.17) is 9.84 Å². The van der Waals surface area contributed by atoms with Gasteiger partial charge in [0.15, 0.2) is 5.72 Å². The molecule has 0 aliphatic carbocycles. The number of carbonyl (C=O) groups excluding carboxylic acids is 1. The Bertz CT molecular complexity index is 309. The fourth-order valence-corrected chi connectivity index (χ4v) is 2.42. The number of amides is 1. The monoisotopic (exact) mass is 247 g/mol. The van der Waals surface area contributed by atoms with Crippen LogP contribution in [-0.4, -0.2) is 63.1 Å². The second kappa shape index (κ2) is 4.51. The normalized spacial score (nSPS) is 46.9. The van der Waals surface area contributed by atoms with Gasteiger partial charge in [0.05, 0.1) is 6.61 Å². The SMILES string of the molecule is O=C1CCC[C@]2(N1)O[C@H](CO)[C@@H](O)[C@H](O)[C@H]2O. The van der Waals surface area contributed by atoms with Gasteiger partial charge in [0.25, 0.3) is 0 Å². The Balaban J connectivity index is 2.23. The fourth-order valence-electron chi connectivity index (χ4n) is 2.42. The summed E-state index contributed by atoms with van der Waals surface area (Å²) in [6.07, 6.45) is -4.08. The van der Waals surface area contributed by atoms with Crippen LogP contribution in [0.2, 0.25) is 0 Å². The van der Waals surface area contributed by atoms with Gasteiger partial charge in [0.1, 0.15) is 24.4 Å². The molecule has 2 rings (SSSR count). The molecule has 2 aliphatic rings. The molecule has 0 radical (unpaired) electrons. The van der Waals surface area contributed by atoms with Crippen LogP contribution in [0.3, 0.4) is 0 Å². The molecule has 7 nitrogen and oxygen atoms in total. The van der Waals surface area contributed by atoms with E-state index in [0.717, 1.165) is 0 Å². The van der Waals surface area contributed by atoms with Crippen LogP contribution in [0.4, 0.5) is 0 Å². The lowest BCUT2D eigenvalue weighted by atomic mass is 9.85. The molecule has 17 heavy (non-hydrogen) atoms. The number of carbonyl (C=O) groups is 1. The van der Waals surface area contributed by atoms with E-state index in [-0.39, 0.29) is 5.91 Å². The highest BCUT2D eigenvalue weighted by Crippen LogP contribution is 2.34. The second-order valence-electron chi connectivity index (χ2n) is 4.56. The first-order valence-electron chi connectivity index (χ1n) is 5.64. The molecule has 2 fully saturated rings. The maximum absolute atomic E-state index is 11.4. The average molecular weight is 247 g/mol. The molecule has 0 unspecified atom stereocenters. The van der Waals surface area contributed by atoms with E-state index >= 15 is 0 Å². The average Bonchev–Trinajstić information content (AvgIpc) is 2.32. The van der Waals surface area contributed by atoms with Crippen LogP contribution in [0.15, 0.2) is 0 Å². The molecule has 2 aliphatic heterocycles. The Labute approximate surface area is 98.0 Å². The lowest BCUT2D eigenvalue weighted by Crippen LogP contribution is -2.72. The van der Waals surface area contributed by atoms with E-state index in [1.807, 2.05) is 0 Å². The summed E-state index contributed by atoms with van der Waals surface area (Å²) in [5.74, 6) is -0.282. The highest BCUT2D eigenvalue weighted by molar-refractivity contribution is 5.77. The van der Waals surface area contributed by atoms with Gasteiger partial charge in [-0.2, -0.15) is 0 Å². The molecule has 0 saturated carbocycles. The minimum absolute atomic E-state index is 0.282. The number of hydrogen-bond acceptors (Lipinski definition) is 6. The van der Waals surface area contributed by atoms with Crippen molar-refractivity contribution >= 4 is 5.91 Å². The molecule has 7 heteroatoms.